The lowest BCUT2D eigenvalue weighted by molar-refractivity contribution is -0.384. The molecule has 0 saturated heterocycles. The molecule has 4 aromatic rings. The summed E-state index contributed by atoms with van der Waals surface area (Å²) >= 11 is 0. The molecule has 2 N–H and O–H groups in total. The minimum atomic E-state index is -0.463. The van der Waals surface area contributed by atoms with Gasteiger partial charge in [-0.05, 0) is 36.2 Å². The first-order valence-corrected chi connectivity index (χ1v) is 8.78. The maximum atomic E-state index is 11.5. The lowest BCUT2D eigenvalue weighted by Crippen LogP contribution is -2.06. The molecule has 1 aromatic carbocycles. The lowest BCUT2D eigenvalue weighted by atomic mass is 10.0. The van der Waals surface area contributed by atoms with Crippen LogP contribution in [-0.2, 0) is 19.9 Å². The van der Waals surface area contributed by atoms with E-state index in [1.807, 2.05) is 30.3 Å². The molecule has 0 spiro atoms. The summed E-state index contributed by atoms with van der Waals surface area (Å²) in [5, 5.41) is 16.7. The van der Waals surface area contributed by atoms with E-state index < -0.39 is 4.92 Å². The van der Waals surface area contributed by atoms with Gasteiger partial charge < -0.3 is 5.73 Å². The van der Waals surface area contributed by atoms with Gasteiger partial charge in [-0.2, -0.15) is 5.10 Å². The van der Waals surface area contributed by atoms with Crippen LogP contribution < -0.4 is 5.73 Å². The standard InChI is InChI=1S/C20H18N6O2/c1-25-12-15(11-23-25)19-10-16(21)20(26(27)28)18(24-19)7-5-13-4-6-17-14(9-13)3-2-8-22-17/h2-4,6,8-12H,5,7H2,1H3,(H2,21,24). The summed E-state index contributed by atoms with van der Waals surface area (Å²) in [7, 11) is 1.80. The number of hydrogen-bond donors (Lipinski definition) is 1. The van der Waals surface area contributed by atoms with Crippen molar-refractivity contribution in [2.24, 2.45) is 7.05 Å². The van der Waals surface area contributed by atoms with Gasteiger partial charge in [0.25, 0.3) is 0 Å². The van der Waals surface area contributed by atoms with Crippen molar-refractivity contribution < 1.29 is 4.92 Å². The number of anilines is 1. The highest BCUT2D eigenvalue weighted by molar-refractivity contribution is 5.79. The van der Waals surface area contributed by atoms with E-state index in [1.54, 1.807) is 30.3 Å². The van der Waals surface area contributed by atoms with Crippen LogP contribution in [0.25, 0.3) is 22.2 Å². The van der Waals surface area contributed by atoms with E-state index in [0.717, 1.165) is 22.0 Å². The van der Waals surface area contributed by atoms with Gasteiger partial charge in [0.2, 0.25) is 0 Å². The average molecular weight is 374 g/mol. The largest absolute Gasteiger partial charge is 0.393 e. The number of nitrogens with zero attached hydrogens (tertiary/aromatic N) is 5. The zero-order chi connectivity index (χ0) is 19.7. The Kier molecular flexibility index (Phi) is 4.44. The van der Waals surface area contributed by atoms with Crippen LogP contribution in [0.15, 0.2) is 55.0 Å². The highest BCUT2D eigenvalue weighted by Gasteiger charge is 2.22. The number of hydrogen-bond acceptors (Lipinski definition) is 6. The summed E-state index contributed by atoms with van der Waals surface area (Å²) in [6.45, 7) is 0. The number of nitrogen functional groups attached to an aromatic ring is 1. The van der Waals surface area contributed by atoms with Gasteiger partial charge in [-0.25, -0.2) is 4.98 Å². The quantitative estimate of drug-likeness (QED) is 0.423. The predicted octanol–water partition coefficient (Wildman–Crippen LogP) is 3.31. The molecule has 0 saturated carbocycles. The summed E-state index contributed by atoms with van der Waals surface area (Å²) in [4.78, 5) is 19.9. The van der Waals surface area contributed by atoms with Crippen molar-refractivity contribution in [2.75, 3.05) is 5.73 Å². The van der Waals surface area contributed by atoms with E-state index in [4.69, 9.17) is 5.73 Å². The van der Waals surface area contributed by atoms with Gasteiger partial charge in [0, 0.05) is 36.8 Å². The predicted molar refractivity (Wildman–Crippen MR) is 107 cm³/mol. The van der Waals surface area contributed by atoms with Gasteiger partial charge in [-0.15, -0.1) is 0 Å². The van der Waals surface area contributed by atoms with Gasteiger partial charge in [0.15, 0.2) is 0 Å². The molecule has 0 bridgehead atoms. The first-order chi connectivity index (χ1) is 13.5. The highest BCUT2D eigenvalue weighted by Crippen LogP contribution is 2.30. The molecular weight excluding hydrogens is 356 g/mol. The molecular formula is C20H18N6O2. The van der Waals surface area contributed by atoms with E-state index in [-0.39, 0.29) is 11.4 Å². The number of nitrogens with two attached hydrogens (primary N) is 1. The third-order valence-corrected chi connectivity index (χ3v) is 4.60. The minimum absolute atomic E-state index is 0.108. The fraction of sp³-hybridized carbons (Fsp3) is 0.150. The molecule has 140 valence electrons. The Morgan fingerprint density at radius 1 is 1.21 bits per heavy atom. The number of rotatable bonds is 5. The Balaban J connectivity index is 1.68. The zero-order valence-corrected chi connectivity index (χ0v) is 15.2. The van der Waals surface area contributed by atoms with E-state index in [2.05, 4.69) is 15.1 Å². The van der Waals surface area contributed by atoms with Crippen LogP contribution in [-0.4, -0.2) is 24.7 Å². The second-order valence-electron chi connectivity index (χ2n) is 6.58. The van der Waals surface area contributed by atoms with Crippen molar-refractivity contribution >= 4 is 22.3 Å². The van der Waals surface area contributed by atoms with Crippen molar-refractivity contribution in [3.8, 4) is 11.3 Å². The number of fused-ring (bicyclic) bond motifs is 1. The fourth-order valence-corrected chi connectivity index (χ4v) is 3.24. The molecule has 0 aliphatic rings. The summed E-state index contributed by atoms with van der Waals surface area (Å²) in [6, 6.07) is 11.4. The molecule has 3 aromatic heterocycles. The van der Waals surface area contributed by atoms with Crippen LogP contribution in [0, 0.1) is 10.1 Å². The molecule has 0 aliphatic heterocycles. The van der Waals surface area contributed by atoms with Crippen LogP contribution >= 0.6 is 0 Å². The molecule has 0 radical (unpaired) electrons. The topological polar surface area (TPSA) is 113 Å². The summed E-state index contributed by atoms with van der Waals surface area (Å²) in [5.41, 5.74) is 9.66. The van der Waals surface area contributed by atoms with Gasteiger partial charge in [-0.3, -0.25) is 19.8 Å². The van der Waals surface area contributed by atoms with Crippen LogP contribution in [0.4, 0.5) is 11.4 Å². The molecule has 0 aliphatic carbocycles. The molecule has 0 atom stereocenters. The Morgan fingerprint density at radius 2 is 2.07 bits per heavy atom. The lowest BCUT2D eigenvalue weighted by Gasteiger charge is -2.08. The molecule has 0 amide bonds. The molecule has 4 rings (SSSR count). The normalized spacial score (nSPS) is 11.0. The van der Waals surface area contributed by atoms with Crippen molar-refractivity contribution in [2.45, 2.75) is 12.8 Å². The van der Waals surface area contributed by atoms with Crippen molar-refractivity contribution in [1.29, 1.82) is 0 Å². The van der Waals surface area contributed by atoms with E-state index in [1.165, 1.54) is 6.07 Å². The Morgan fingerprint density at radius 3 is 2.82 bits per heavy atom. The Labute approximate surface area is 160 Å². The second kappa shape index (κ2) is 7.07. The molecule has 8 heteroatoms. The summed E-state index contributed by atoms with van der Waals surface area (Å²) in [6.07, 6.45) is 6.22. The number of aryl methyl sites for hydroxylation is 3. The van der Waals surface area contributed by atoms with Crippen molar-refractivity contribution in [1.82, 2.24) is 19.7 Å². The van der Waals surface area contributed by atoms with Crippen LogP contribution in [0.1, 0.15) is 11.3 Å². The monoisotopic (exact) mass is 374 g/mol. The van der Waals surface area contributed by atoms with Crippen LogP contribution in [0.2, 0.25) is 0 Å². The molecule has 0 fully saturated rings. The maximum absolute atomic E-state index is 11.5. The zero-order valence-electron chi connectivity index (χ0n) is 15.2. The molecule has 3 heterocycles. The van der Waals surface area contributed by atoms with Gasteiger partial charge in [-0.1, -0.05) is 12.1 Å². The van der Waals surface area contributed by atoms with Crippen molar-refractivity contribution in [3.63, 3.8) is 0 Å². The molecule has 0 unspecified atom stereocenters. The van der Waals surface area contributed by atoms with Crippen LogP contribution in [0.5, 0.6) is 0 Å². The number of nitro groups is 1. The molecule has 28 heavy (non-hydrogen) atoms. The van der Waals surface area contributed by atoms with Crippen LogP contribution in [0.3, 0.4) is 0 Å². The fourth-order valence-electron chi connectivity index (χ4n) is 3.24. The number of pyridine rings is 2. The second-order valence-corrected chi connectivity index (χ2v) is 6.58. The smallest absolute Gasteiger partial charge is 0.313 e. The third-order valence-electron chi connectivity index (χ3n) is 4.60. The molecule has 8 nitrogen and oxygen atoms in total. The number of benzene rings is 1. The van der Waals surface area contributed by atoms with E-state index in [0.29, 0.717) is 24.2 Å². The average Bonchev–Trinajstić information content (AvgIpc) is 3.12. The maximum Gasteiger partial charge on any atom is 0.313 e. The summed E-state index contributed by atoms with van der Waals surface area (Å²) < 4.78 is 1.65. The van der Waals surface area contributed by atoms with Gasteiger partial charge in [0.1, 0.15) is 11.4 Å². The van der Waals surface area contributed by atoms with Gasteiger partial charge in [0.05, 0.1) is 22.3 Å². The number of aromatic nitrogens is 4. The van der Waals surface area contributed by atoms with Gasteiger partial charge >= 0.3 is 5.69 Å². The first-order valence-electron chi connectivity index (χ1n) is 8.78. The Bertz CT molecular complexity index is 1180. The van der Waals surface area contributed by atoms with Crippen molar-refractivity contribution in [3.05, 3.63) is 76.4 Å². The SMILES string of the molecule is Cn1cc(-c2cc(N)c([N+](=O)[O-])c(CCc3ccc4ncccc4c3)n2)cn1. The van der Waals surface area contributed by atoms with E-state index in [9.17, 15) is 10.1 Å². The highest BCUT2D eigenvalue weighted by atomic mass is 16.6. The van der Waals surface area contributed by atoms with E-state index >= 15 is 0 Å². The Hall–Kier alpha value is -3.81. The minimum Gasteiger partial charge on any atom is -0.393 e. The summed E-state index contributed by atoms with van der Waals surface area (Å²) in [5.74, 6) is 0. The third kappa shape index (κ3) is 3.39. The first kappa shape index (κ1) is 17.6.